The summed E-state index contributed by atoms with van der Waals surface area (Å²) in [7, 11) is -1.35. The highest BCUT2D eigenvalue weighted by Gasteiger charge is 2.27. The molecule has 0 aliphatic carbocycles. The van der Waals surface area contributed by atoms with Gasteiger partial charge in [0.25, 0.3) is 0 Å². The molecule has 2 heterocycles. The normalized spacial score (nSPS) is 13.5. The lowest BCUT2D eigenvalue weighted by atomic mass is 9.94. The predicted octanol–water partition coefficient (Wildman–Crippen LogP) is 5.18. The predicted molar refractivity (Wildman–Crippen MR) is 135 cm³/mol. The number of carbonyl (C=O) groups excluding carboxylic acids is 1. The summed E-state index contributed by atoms with van der Waals surface area (Å²) in [6, 6.07) is 18.8. The summed E-state index contributed by atoms with van der Waals surface area (Å²) in [5.74, 6) is -0.175. The topological polar surface area (TPSA) is 97.1 Å². The Morgan fingerprint density at radius 2 is 1.79 bits per heavy atom. The first kappa shape index (κ1) is 23.8. The van der Waals surface area contributed by atoms with Crippen LogP contribution in [0.25, 0.3) is 22.2 Å². The van der Waals surface area contributed by atoms with Gasteiger partial charge in [-0.15, -0.1) is 0 Å². The van der Waals surface area contributed by atoms with Gasteiger partial charge in [-0.2, -0.15) is 0 Å². The Labute approximate surface area is 201 Å². The van der Waals surface area contributed by atoms with Crippen molar-refractivity contribution in [1.82, 2.24) is 14.9 Å². The second-order valence-electron chi connectivity index (χ2n) is 9.05. The third kappa shape index (κ3) is 5.24. The number of amides is 1. The van der Waals surface area contributed by atoms with Crippen molar-refractivity contribution in [1.29, 1.82) is 0 Å². The summed E-state index contributed by atoms with van der Waals surface area (Å²) in [6.07, 6.45) is 2.10. The van der Waals surface area contributed by atoms with Crippen molar-refractivity contribution >= 4 is 33.5 Å². The highest BCUT2D eigenvalue weighted by atomic mass is 32.2. The van der Waals surface area contributed by atoms with Gasteiger partial charge >= 0.3 is 0 Å². The van der Waals surface area contributed by atoms with Crippen LogP contribution in [0.15, 0.2) is 71.4 Å². The van der Waals surface area contributed by atoms with Gasteiger partial charge in [0.05, 0.1) is 33.2 Å². The number of nitrogens with zero attached hydrogens (tertiary/aromatic N) is 2. The molecule has 8 heteroatoms. The first-order valence-electron chi connectivity index (χ1n) is 11.1. The number of nitrogens with one attached hydrogen (secondary N) is 2. The second-order valence-corrected chi connectivity index (χ2v) is 11.0. The third-order valence-corrected chi connectivity index (χ3v) is 6.98. The SMILES string of the molecule is CC(=O)Nc1cccnc1C[C@H](N[S@@](=O)C(C)(C)C)c1ccccc1-c1noc2ccccc12. The average Bonchev–Trinajstić information content (AvgIpc) is 3.23. The average molecular weight is 477 g/mol. The van der Waals surface area contributed by atoms with E-state index in [1.165, 1.54) is 6.92 Å². The fourth-order valence-corrected chi connectivity index (χ4v) is 4.54. The van der Waals surface area contributed by atoms with Crippen molar-refractivity contribution in [2.75, 3.05) is 5.32 Å². The molecule has 2 atom stereocenters. The molecule has 2 aromatic heterocycles. The molecule has 0 aliphatic heterocycles. The molecule has 4 aromatic rings. The van der Waals surface area contributed by atoms with Crippen molar-refractivity contribution < 1.29 is 13.5 Å². The summed E-state index contributed by atoms with van der Waals surface area (Å²) in [5.41, 5.74) is 4.55. The first-order chi connectivity index (χ1) is 16.2. The van der Waals surface area contributed by atoms with Crippen LogP contribution in [-0.2, 0) is 22.2 Å². The standard InChI is InChI=1S/C26H28N4O3S/c1-17(31)28-21-13-9-15-27-23(21)16-22(30-34(32)26(2,3)4)18-10-5-6-11-19(18)25-20-12-7-8-14-24(20)33-29-25/h5-15,22,30H,16H2,1-4H3,(H,28,31)/t22-,34-/m0/s1. The van der Waals surface area contributed by atoms with Crippen LogP contribution in [0.4, 0.5) is 5.69 Å². The Morgan fingerprint density at radius 3 is 2.56 bits per heavy atom. The molecule has 0 aliphatic rings. The van der Waals surface area contributed by atoms with E-state index in [-0.39, 0.29) is 11.9 Å². The maximum absolute atomic E-state index is 13.2. The van der Waals surface area contributed by atoms with Gasteiger partial charge in [-0.05, 0) is 50.6 Å². The van der Waals surface area contributed by atoms with Crippen molar-refractivity contribution in [3.63, 3.8) is 0 Å². The van der Waals surface area contributed by atoms with Gasteiger partial charge in [-0.3, -0.25) is 9.78 Å². The van der Waals surface area contributed by atoms with E-state index in [1.807, 2.05) is 75.4 Å². The number of hydrogen-bond donors (Lipinski definition) is 2. The Bertz CT molecular complexity index is 1340. The lowest BCUT2D eigenvalue weighted by Crippen LogP contribution is -2.37. The van der Waals surface area contributed by atoms with Crippen molar-refractivity contribution in [2.24, 2.45) is 0 Å². The maximum atomic E-state index is 13.2. The fraction of sp³-hybridized carbons (Fsp3) is 0.269. The molecule has 7 nitrogen and oxygen atoms in total. The number of benzene rings is 2. The van der Waals surface area contributed by atoms with Gasteiger partial charge in [0.15, 0.2) is 5.58 Å². The molecule has 0 fully saturated rings. The minimum atomic E-state index is -1.35. The Morgan fingerprint density at radius 1 is 1.06 bits per heavy atom. The van der Waals surface area contributed by atoms with Crippen molar-refractivity contribution in [2.45, 2.75) is 44.9 Å². The molecule has 4 rings (SSSR count). The zero-order chi connectivity index (χ0) is 24.3. The number of hydrogen-bond acceptors (Lipinski definition) is 5. The minimum Gasteiger partial charge on any atom is -0.356 e. The third-order valence-electron chi connectivity index (χ3n) is 5.37. The van der Waals surface area contributed by atoms with Gasteiger partial charge in [0.2, 0.25) is 5.91 Å². The fourth-order valence-electron chi connectivity index (χ4n) is 3.72. The number of rotatable bonds is 7. The molecule has 0 saturated heterocycles. The van der Waals surface area contributed by atoms with Gasteiger partial charge in [-0.25, -0.2) is 8.93 Å². The Balaban J connectivity index is 1.81. The van der Waals surface area contributed by atoms with E-state index in [0.717, 1.165) is 22.2 Å². The summed E-state index contributed by atoms with van der Waals surface area (Å²) in [5, 5.41) is 8.10. The van der Waals surface area contributed by atoms with Crippen LogP contribution in [0, 0.1) is 0 Å². The summed E-state index contributed by atoms with van der Waals surface area (Å²) in [6.45, 7) is 7.24. The molecular weight excluding hydrogens is 448 g/mol. The van der Waals surface area contributed by atoms with Crippen LogP contribution in [0.1, 0.15) is 45.0 Å². The first-order valence-corrected chi connectivity index (χ1v) is 12.2. The number of anilines is 1. The summed E-state index contributed by atoms with van der Waals surface area (Å²) < 4.78 is 21.6. The van der Waals surface area contributed by atoms with E-state index in [2.05, 4.69) is 20.2 Å². The highest BCUT2D eigenvalue weighted by Crippen LogP contribution is 2.35. The van der Waals surface area contributed by atoms with Gasteiger partial charge in [-0.1, -0.05) is 41.6 Å². The molecular formula is C26H28N4O3S. The number of fused-ring (bicyclic) bond motifs is 1. The molecule has 0 spiro atoms. The van der Waals surface area contributed by atoms with E-state index < -0.39 is 15.7 Å². The van der Waals surface area contributed by atoms with Crippen molar-refractivity contribution in [3.05, 3.63) is 78.1 Å². The molecule has 34 heavy (non-hydrogen) atoms. The van der Waals surface area contributed by atoms with Crippen LogP contribution in [0.3, 0.4) is 0 Å². The molecule has 2 N–H and O–H groups in total. The lowest BCUT2D eigenvalue weighted by Gasteiger charge is -2.26. The number of pyridine rings is 1. The monoisotopic (exact) mass is 476 g/mol. The molecule has 1 amide bonds. The van der Waals surface area contributed by atoms with E-state index in [1.54, 1.807) is 12.3 Å². The quantitative estimate of drug-likeness (QED) is 0.383. The largest absolute Gasteiger partial charge is 0.356 e. The van der Waals surface area contributed by atoms with Crippen LogP contribution in [0.2, 0.25) is 0 Å². The van der Waals surface area contributed by atoms with Crippen molar-refractivity contribution in [3.8, 4) is 11.3 Å². The van der Waals surface area contributed by atoms with E-state index in [4.69, 9.17) is 4.52 Å². The van der Waals surface area contributed by atoms with Gasteiger partial charge in [0, 0.05) is 30.5 Å². The number of carbonyl (C=O) groups is 1. The van der Waals surface area contributed by atoms with Crippen LogP contribution in [-0.4, -0.2) is 25.0 Å². The maximum Gasteiger partial charge on any atom is 0.221 e. The smallest absolute Gasteiger partial charge is 0.221 e. The molecule has 0 radical (unpaired) electrons. The zero-order valence-corrected chi connectivity index (χ0v) is 20.5. The van der Waals surface area contributed by atoms with E-state index >= 15 is 0 Å². The number of para-hydroxylation sites is 1. The Kier molecular flexibility index (Phi) is 6.90. The van der Waals surface area contributed by atoms with Crippen LogP contribution in [0.5, 0.6) is 0 Å². The molecule has 0 bridgehead atoms. The lowest BCUT2D eigenvalue weighted by molar-refractivity contribution is -0.114. The summed E-state index contributed by atoms with van der Waals surface area (Å²) in [4.78, 5) is 16.3. The Hall–Kier alpha value is -3.36. The second kappa shape index (κ2) is 9.87. The number of aromatic nitrogens is 2. The van der Waals surface area contributed by atoms with E-state index in [9.17, 15) is 9.00 Å². The minimum absolute atomic E-state index is 0.175. The van der Waals surface area contributed by atoms with Crippen LogP contribution < -0.4 is 10.0 Å². The van der Waals surface area contributed by atoms with E-state index in [0.29, 0.717) is 23.4 Å². The molecule has 176 valence electrons. The van der Waals surface area contributed by atoms with Gasteiger partial charge in [0.1, 0.15) is 5.69 Å². The molecule has 0 unspecified atom stereocenters. The van der Waals surface area contributed by atoms with Gasteiger partial charge < -0.3 is 9.84 Å². The molecule has 0 saturated carbocycles. The molecule has 2 aromatic carbocycles. The summed E-state index contributed by atoms with van der Waals surface area (Å²) >= 11 is 0. The van der Waals surface area contributed by atoms with Crippen LogP contribution >= 0.6 is 0 Å². The highest BCUT2D eigenvalue weighted by molar-refractivity contribution is 7.84. The zero-order valence-electron chi connectivity index (χ0n) is 19.7.